The summed E-state index contributed by atoms with van der Waals surface area (Å²) in [4.78, 5) is 37.7. The third kappa shape index (κ3) is 6.75. The summed E-state index contributed by atoms with van der Waals surface area (Å²) in [5.41, 5.74) is 4.50. The van der Waals surface area contributed by atoms with E-state index in [2.05, 4.69) is 4.98 Å². The summed E-state index contributed by atoms with van der Waals surface area (Å²) in [6, 6.07) is 23.3. The normalized spacial score (nSPS) is 10.6. The number of benzene rings is 3. The first-order chi connectivity index (χ1) is 18.8. The standard InChI is InChI=1S/C29H26N2O8/c30-26-24(28(33)34)23(25(29(35)36)27(32)31-26)19-7-9-20(10-8-19)37-15-4-16-38-21-11-13-22(14-12-21)39-17-18-5-2-1-3-6-18/h1-3,5-14H,4,15-17H2,(H,33,34)(H,35,36)(H3,30,31,32). The first-order valence-electron chi connectivity index (χ1n) is 12.0. The minimum atomic E-state index is -1.57. The van der Waals surface area contributed by atoms with E-state index in [1.54, 1.807) is 12.1 Å². The lowest BCUT2D eigenvalue weighted by molar-refractivity contribution is 0.0695. The molecule has 0 aliphatic heterocycles. The third-order valence-electron chi connectivity index (χ3n) is 5.71. The van der Waals surface area contributed by atoms with Crippen LogP contribution in [0.2, 0.25) is 0 Å². The minimum absolute atomic E-state index is 0.203. The fraction of sp³-hybridized carbons (Fsp3) is 0.138. The van der Waals surface area contributed by atoms with Crippen LogP contribution in [0.15, 0.2) is 83.7 Å². The van der Waals surface area contributed by atoms with Crippen LogP contribution >= 0.6 is 0 Å². The van der Waals surface area contributed by atoms with Gasteiger partial charge in [0.15, 0.2) is 0 Å². The molecule has 0 aliphatic carbocycles. The minimum Gasteiger partial charge on any atom is -0.493 e. The number of ether oxygens (including phenoxy) is 3. The van der Waals surface area contributed by atoms with E-state index >= 15 is 0 Å². The Hall–Kier alpha value is -5.25. The summed E-state index contributed by atoms with van der Waals surface area (Å²) in [6.07, 6.45) is 0.588. The van der Waals surface area contributed by atoms with Crippen LogP contribution in [0.25, 0.3) is 11.1 Å². The fourth-order valence-corrected chi connectivity index (χ4v) is 3.87. The molecule has 4 aromatic rings. The number of carboxylic acid groups (broad SMARTS) is 2. The van der Waals surface area contributed by atoms with Gasteiger partial charge in [0, 0.05) is 12.0 Å². The molecule has 0 saturated carbocycles. The van der Waals surface area contributed by atoms with Gasteiger partial charge in [-0.05, 0) is 47.5 Å². The lowest BCUT2D eigenvalue weighted by Gasteiger charge is -2.13. The fourth-order valence-electron chi connectivity index (χ4n) is 3.87. The molecule has 0 amide bonds. The Labute approximate surface area is 223 Å². The maximum Gasteiger partial charge on any atom is 0.342 e. The molecular formula is C29H26N2O8. The highest BCUT2D eigenvalue weighted by Crippen LogP contribution is 2.30. The van der Waals surface area contributed by atoms with E-state index in [1.165, 1.54) is 12.1 Å². The number of hydrogen-bond acceptors (Lipinski definition) is 7. The Balaban J connectivity index is 1.29. The summed E-state index contributed by atoms with van der Waals surface area (Å²) >= 11 is 0. The van der Waals surface area contributed by atoms with Gasteiger partial charge < -0.3 is 35.1 Å². The van der Waals surface area contributed by atoms with Crippen LogP contribution in [0.4, 0.5) is 5.82 Å². The lowest BCUT2D eigenvalue weighted by atomic mass is 9.95. The van der Waals surface area contributed by atoms with Crippen LogP contribution < -0.4 is 25.5 Å². The molecule has 0 unspecified atom stereocenters. The van der Waals surface area contributed by atoms with Crippen molar-refractivity contribution >= 4 is 17.8 Å². The van der Waals surface area contributed by atoms with Crippen molar-refractivity contribution in [2.45, 2.75) is 13.0 Å². The van der Waals surface area contributed by atoms with Gasteiger partial charge in [0.1, 0.15) is 40.8 Å². The summed E-state index contributed by atoms with van der Waals surface area (Å²) in [7, 11) is 0. The summed E-state index contributed by atoms with van der Waals surface area (Å²) < 4.78 is 17.2. The number of H-pyrrole nitrogens is 1. The van der Waals surface area contributed by atoms with Gasteiger partial charge in [0.25, 0.3) is 5.56 Å². The molecular weight excluding hydrogens is 504 g/mol. The van der Waals surface area contributed by atoms with E-state index in [1.807, 2.05) is 54.6 Å². The number of nitrogens with one attached hydrogen (secondary N) is 1. The second kappa shape index (κ2) is 12.3. The number of aromatic carboxylic acids is 2. The third-order valence-corrected chi connectivity index (χ3v) is 5.71. The van der Waals surface area contributed by atoms with E-state index in [4.69, 9.17) is 19.9 Å². The number of pyridine rings is 1. The average molecular weight is 531 g/mol. The average Bonchev–Trinajstić information content (AvgIpc) is 2.92. The molecule has 5 N–H and O–H groups in total. The van der Waals surface area contributed by atoms with Crippen LogP contribution in [0.5, 0.6) is 17.2 Å². The Morgan fingerprint density at radius 2 is 1.23 bits per heavy atom. The summed E-state index contributed by atoms with van der Waals surface area (Å²) in [6.45, 7) is 1.24. The highest BCUT2D eigenvalue weighted by atomic mass is 16.5. The molecule has 0 spiro atoms. The molecule has 1 heterocycles. The Morgan fingerprint density at radius 3 is 1.77 bits per heavy atom. The van der Waals surface area contributed by atoms with Crippen LogP contribution in [-0.2, 0) is 6.61 Å². The Kier molecular flexibility index (Phi) is 8.47. The van der Waals surface area contributed by atoms with E-state index in [9.17, 15) is 24.6 Å². The number of carbonyl (C=O) groups is 2. The van der Waals surface area contributed by atoms with E-state index in [0.29, 0.717) is 37.7 Å². The van der Waals surface area contributed by atoms with Gasteiger partial charge in [-0.3, -0.25) is 4.79 Å². The quantitative estimate of drug-likeness (QED) is 0.194. The van der Waals surface area contributed by atoms with Crippen molar-refractivity contribution in [2.75, 3.05) is 18.9 Å². The lowest BCUT2D eigenvalue weighted by Crippen LogP contribution is -2.24. The topological polar surface area (TPSA) is 161 Å². The zero-order valence-corrected chi connectivity index (χ0v) is 20.8. The van der Waals surface area contributed by atoms with Crippen molar-refractivity contribution in [1.29, 1.82) is 0 Å². The van der Waals surface area contributed by atoms with E-state index in [-0.39, 0.29) is 11.1 Å². The van der Waals surface area contributed by atoms with Crippen LogP contribution in [-0.4, -0.2) is 40.3 Å². The van der Waals surface area contributed by atoms with Crippen LogP contribution in [0, 0.1) is 0 Å². The molecule has 0 radical (unpaired) electrons. The van der Waals surface area contributed by atoms with Gasteiger partial charge in [-0.2, -0.15) is 0 Å². The number of rotatable bonds is 12. The van der Waals surface area contributed by atoms with Crippen LogP contribution in [0.1, 0.15) is 32.7 Å². The second-order valence-corrected chi connectivity index (χ2v) is 8.42. The van der Waals surface area contributed by atoms with E-state index < -0.39 is 34.4 Å². The zero-order chi connectivity index (χ0) is 27.8. The smallest absolute Gasteiger partial charge is 0.342 e. The van der Waals surface area contributed by atoms with Gasteiger partial charge in [-0.15, -0.1) is 0 Å². The van der Waals surface area contributed by atoms with Crippen molar-refractivity contribution in [3.63, 3.8) is 0 Å². The number of nitrogen functional groups attached to an aromatic ring is 1. The number of anilines is 1. The molecule has 0 fully saturated rings. The molecule has 1 aromatic heterocycles. The summed E-state index contributed by atoms with van der Waals surface area (Å²) in [5, 5.41) is 19.0. The van der Waals surface area contributed by atoms with Gasteiger partial charge in [-0.1, -0.05) is 42.5 Å². The molecule has 0 bridgehead atoms. The Bertz CT molecular complexity index is 1500. The number of carboxylic acids is 2. The van der Waals surface area contributed by atoms with Crippen molar-refractivity contribution in [2.24, 2.45) is 0 Å². The molecule has 4 rings (SSSR count). The van der Waals surface area contributed by atoms with Crippen LogP contribution in [0.3, 0.4) is 0 Å². The van der Waals surface area contributed by atoms with Crippen molar-refractivity contribution in [1.82, 2.24) is 4.98 Å². The van der Waals surface area contributed by atoms with Gasteiger partial charge in [0.2, 0.25) is 0 Å². The Morgan fingerprint density at radius 1 is 0.718 bits per heavy atom. The van der Waals surface area contributed by atoms with Crippen molar-refractivity contribution in [3.8, 4) is 28.4 Å². The van der Waals surface area contributed by atoms with Gasteiger partial charge >= 0.3 is 11.9 Å². The first kappa shape index (κ1) is 26.8. The van der Waals surface area contributed by atoms with Gasteiger partial charge in [-0.25, -0.2) is 9.59 Å². The van der Waals surface area contributed by atoms with E-state index in [0.717, 1.165) is 11.3 Å². The number of hydrogen-bond donors (Lipinski definition) is 4. The van der Waals surface area contributed by atoms with Crippen molar-refractivity contribution < 1.29 is 34.0 Å². The maximum atomic E-state index is 12.2. The predicted molar refractivity (Wildman–Crippen MR) is 144 cm³/mol. The number of aromatic nitrogens is 1. The second-order valence-electron chi connectivity index (χ2n) is 8.42. The molecule has 3 aromatic carbocycles. The van der Waals surface area contributed by atoms with Crippen molar-refractivity contribution in [3.05, 3.63) is 106 Å². The largest absolute Gasteiger partial charge is 0.493 e. The molecule has 0 saturated heterocycles. The molecule has 39 heavy (non-hydrogen) atoms. The maximum absolute atomic E-state index is 12.2. The number of nitrogens with two attached hydrogens (primary N) is 1. The SMILES string of the molecule is Nc1[nH]c(=O)c(C(=O)O)c(-c2ccc(OCCCOc3ccc(OCc4ccccc4)cc3)cc2)c1C(=O)O. The molecule has 0 atom stereocenters. The summed E-state index contributed by atoms with van der Waals surface area (Å²) in [5.74, 6) is -1.54. The molecule has 10 nitrogen and oxygen atoms in total. The molecule has 0 aliphatic rings. The monoisotopic (exact) mass is 530 g/mol. The number of aromatic amines is 1. The highest BCUT2D eigenvalue weighted by Gasteiger charge is 2.26. The molecule has 200 valence electrons. The van der Waals surface area contributed by atoms with Gasteiger partial charge in [0.05, 0.1) is 13.2 Å². The highest BCUT2D eigenvalue weighted by molar-refractivity contribution is 6.07. The molecule has 10 heteroatoms. The predicted octanol–water partition coefficient (Wildman–Crippen LogP) is 4.45. The first-order valence-corrected chi connectivity index (χ1v) is 12.0. The zero-order valence-electron chi connectivity index (χ0n) is 20.8.